The van der Waals surface area contributed by atoms with Crippen molar-refractivity contribution in [3.8, 4) is 17.2 Å². The molecule has 1 aromatic heterocycles. The lowest BCUT2D eigenvalue weighted by Gasteiger charge is -2.23. The summed E-state index contributed by atoms with van der Waals surface area (Å²) in [6.07, 6.45) is 0. The number of nitrogens with two attached hydrogens (primary N) is 2. The largest absolute Gasteiger partial charge is 0.497 e. The first-order valence-electron chi connectivity index (χ1n) is 10.7. The summed E-state index contributed by atoms with van der Waals surface area (Å²) in [6.45, 7) is 0.743. The fraction of sp³-hybridized carbons (Fsp3) is 0.250. The van der Waals surface area contributed by atoms with E-state index < -0.39 is 5.91 Å². The molecule has 10 heteroatoms. The van der Waals surface area contributed by atoms with Gasteiger partial charge < -0.3 is 41.2 Å². The van der Waals surface area contributed by atoms with Crippen LogP contribution in [-0.2, 0) is 0 Å². The molecule has 0 fully saturated rings. The number of nitrogens with zero attached hydrogens (tertiary/aromatic N) is 2. The predicted octanol–water partition coefficient (Wildman–Crippen LogP) is 2.84. The van der Waals surface area contributed by atoms with Crippen molar-refractivity contribution >= 4 is 28.9 Å². The van der Waals surface area contributed by atoms with Gasteiger partial charge in [0.1, 0.15) is 17.4 Å². The Kier molecular flexibility index (Phi) is 6.60. The summed E-state index contributed by atoms with van der Waals surface area (Å²) in [5.74, 6) is 2.31. The molecule has 6 N–H and O–H groups in total. The third-order valence-electron chi connectivity index (χ3n) is 5.69. The first kappa shape index (κ1) is 23.0. The van der Waals surface area contributed by atoms with Crippen molar-refractivity contribution in [2.45, 2.75) is 6.04 Å². The maximum Gasteiger partial charge on any atom is 0.252 e. The van der Waals surface area contributed by atoms with E-state index in [1.165, 1.54) is 0 Å². The van der Waals surface area contributed by atoms with Crippen LogP contribution in [0.25, 0.3) is 0 Å². The highest BCUT2D eigenvalue weighted by Gasteiger charge is 2.26. The zero-order valence-corrected chi connectivity index (χ0v) is 19.3. The Morgan fingerprint density at radius 3 is 2.56 bits per heavy atom. The molecule has 0 radical (unpaired) electrons. The molecule has 1 unspecified atom stereocenters. The first-order chi connectivity index (χ1) is 16.5. The minimum atomic E-state index is -0.589. The quantitative estimate of drug-likeness (QED) is 0.377. The number of hydrogen-bond donors (Lipinski definition) is 4. The van der Waals surface area contributed by atoms with Crippen molar-refractivity contribution < 1.29 is 19.0 Å². The second kappa shape index (κ2) is 9.75. The van der Waals surface area contributed by atoms with E-state index in [1.807, 2.05) is 41.3 Å². The van der Waals surface area contributed by atoms with Gasteiger partial charge in [-0.1, -0.05) is 12.1 Å². The van der Waals surface area contributed by atoms with Gasteiger partial charge in [0.2, 0.25) is 0 Å². The lowest BCUT2D eigenvalue weighted by Crippen LogP contribution is -2.25. The molecule has 2 heterocycles. The number of carbonyl (C=O) groups is 1. The van der Waals surface area contributed by atoms with Gasteiger partial charge in [-0.2, -0.15) is 0 Å². The number of amides is 1. The number of ether oxygens (including phenoxy) is 3. The SMILES string of the molecule is COc1cccc(C(CN)Nc2nc(N3CNc4cc(OC)c(OC)cc43)ccc2C(N)=O)c1. The van der Waals surface area contributed by atoms with E-state index in [4.69, 9.17) is 30.7 Å². The Hall–Kier alpha value is -4.18. The molecular weight excluding hydrogens is 436 g/mol. The number of primary amides is 1. The number of carbonyl (C=O) groups excluding carboxylic acids is 1. The number of rotatable bonds is 9. The van der Waals surface area contributed by atoms with Crippen LogP contribution in [0.3, 0.4) is 0 Å². The summed E-state index contributed by atoms with van der Waals surface area (Å²) in [5, 5.41) is 6.62. The molecule has 2 aromatic carbocycles. The number of hydrogen-bond acceptors (Lipinski definition) is 9. The second-order valence-corrected chi connectivity index (χ2v) is 7.63. The molecule has 0 bridgehead atoms. The highest BCUT2D eigenvalue weighted by atomic mass is 16.5. The normalized spacial score (nSPS) is 13.0. The smallest absolute Gasteiger partial charge is 0.252 e. The molecule has 178 valence electrons. The fourth-order valence-corrected chi connectivity index (χ4v) is 3.90. The molecule has 3 aromatic rings. The summed E-state index contributed by atoms with van der Waals surface area (Å²) in [6, 6.07) is 14.4. The van der Waals surface area contributed by atoms with Crippen LogP contribution in [0.1, 0.15) is 22.0 Å². The maximum absolute atomic E-state index is 12.1. The summed E-state index contributed by atoms with van der Waals surface area (Å²) < 4.78 is 16.2. The van der Waals surface area contributed by atoms with Gasteiger partial charge in [-0.15, -0.1) is 0 Å². The van der Waals surface area contributed by atoms with Gasteiger partial charge in [0.05, 0.1) is 51.0 Å². The molecule has 0 spiro atoms. The number of benzene rings is 2. The van der Waals surface area contributed by atoms with Crippen LogP contribution in [0.4, 0.5) is 23.0 Å². The molecule has 4 rings (SSSR count). The van der Waals surface area contributed by atoms with Gasteiger partial charge in [0.25, 0.3) is 5.91 Å². The summed E-state index contributed by atoms with van der Waals surface area (Å²) in [5.41, 5.74) is 14.6. The maximum atomic E-state index is 12.1. The number of fused-ring (bicyclic) bond motifs is 1. The summed E-state index contributed by atoms with van der Waals surface area (Å²) >= 11 is 0. The van der Waals surface area contributed by atoms with Crippen molar-refractivity contribution in [2.75, 3.05) is 50.1 Å². The Bertz CT molecular complexity index is 1200. The minimum absolute atomic E-state index is 0.266. The van der Waals surface area contributed by atoms with Crippen molar-refractivity contribution in [1.29, 1.82) is 0 Å². The van der Waals surface area contributed by atoms with Gasteiger partial charge in [0.15, 0.2) is 11.5 Å². The standard InChI is InChI=1S/C24H28N6O4/c1-32-15-6-4-5-14(9-15)18(12-25)28-24-16(23(26)31)7-8-22(29-24)30-13-27-17-10-20(33-2)21(34-3)11-19(17)30/h4-11,18,27H,12-13,25H2,1-3H3,(H2,26,31)(H,28,29). The van der Waals surface area contributed by atoms with E-state index in [1.54, 1.807) is 33.5 Å². The topological polar surface area (TPSA) is 137 Å². The average molecular weight is 465 g/mol. The zero-order valence-electron chi connectivity index (χ0n) is 19.3. The molecule has 0 saturated carbocycles. The van der Waals surface area contributed by atoms with E-state index in [9.17, 15) is 4.79 Å². The Labute approximate surface area is 197 Å². The lowest BCUT2D eigenvalue weighted by molar-refractivity contribution is 0.100. The van der Waals surface area contributed by atoms with Crippen molar-refractivity contribution in [2.24, 2.45) is 11.5 Å². The highest BCUT2D eigenvalue weighted by Crippen LogP contribution is 2.43. The van der Waals surface area contributed by atoms with Crippen LogP contribution in [0.2, 0.25) is 0 Å². The van der Waals surface area contributed by atoms with E-state index in [0.29, 0.717) is 35.6 Å². The first-order valence-corrected chi connectivity index (χ1v) is 10.7. The second-order valence-electron chi connectivity index (χ2n) is 7.63. The molecular formula is C24H28N6O4. The number of nitrogens with one attached hydrogen (secondary N) is 2. The summed E-state index contributed by atoms with van der Waals surface area (Å²) in [4.78, 5) is 18.9. The molecule has 0 aliphatic carbocycles. The molecule has 1 amide bonds. The number of anilines is 4. The molecule has 34 heavy (non-hydrogen) atoms. The Balaban J connectivity index is 1.71. The summed E-state index contributed by atoms with van der Waals surface area (Å²) in [7, 11) is 4.78. The van der Waals surface area contributed by atoms with E-state index >= 15 is 0 Å². The molecule has 10 nitrogen and oxygen atoms in total. The van der Waals surface area contributed by atoms with Crippen LogP contribution in [0.15, 0.2) is 48.5 Å². The molecule has 1 aliphatic rings. The van der Waals surface area contributed by atoms with E-state index in [-0.39, 0.29) is 18.2 Å². The van der Waals surface area contributed by atoms with Gasteiger partial charge in [0, 0.05) is 18.7 Å². The van der Waals surface area contributed by atoms with Crippen LogP contribution >= 0.6 is 0 Å². The third kappa shape index (κ3) is 4.35. The molecule has 1 aliphatic heterocycles. The van der Waals surface area contributed by atoms with E-state index in [2.05, 4.69) is 10.6 Å². The molecule has 1 atom stereocenters. The van der Waals surface area contributed by atoms with Gasteiger partial charge in [-0.05, 0) is 29.8 Å². The number of aromatic nitrogens is 1. The minimum Gasteiger partial charge on any atom is -0.497 e. The van der Waals surface area contributed by atoms with Crippen molar-refractivity contribution in [3.63, 3.8) is 0 Å². The average Bonchev–Trinajstić information content (AvgIpc) is 3.28. The van der Waals surface area contributed by atoms with Crippen LogP contribution in [0.5, 0.6) is 17.2 Å². The molecule has 0 saturated heterocycles. The van der Waals surface area contributed by atoms with Crippen molar-refractivity contribution in [3.05, 3.63) is 59.7 Å². The van der Waals surface area contributed by atoms with Crippen LogP contribution in [0, 0.1) is 0 Å². The van der Waals surface area contributed by atoms with Crippen LogP contribution < -0.4 is 41.2 Å². The van der Waals surface area contributed by atoms with E-state index in [0.717, 1.165) is 16.9 Å². The number of pyridine rings is 1. The fourth-order valence-electron chi connectivity index (χ4n) is 3.90. The monoisotopic (exact) mass is 464 g/mol. The Morgan fingerprint density at radius 2 is 1.88 bits per heavy atom. The number of methoxy groups -OCH3 is 3. The third-order valence-corrected chi connectivity index (χ3v) is 5.69. The van der Waals surface area contributed by atoms with Gasteiger partial charge in [-0.3, -0.25) is 4.79 Å². The van der Waals surface area contributed by atoms with Crippen LogP contribution in [-0.4, -0.2) is 45.4 Å². The highest BCUT2D eigenvalue weighted by molar-refractivity contribution is 5.98. The Morgan fingerprint density at radius 1 is 1.12 bits per heavy atom. The van der Waals surface area contributed by atoms with Crippen molar-refractivity contribution in [1.82, 2.24) is 4.98 Å². The predicted molar refractivity (Wildman–Crippen MR) is 131 cm³/mol. The zero-order chi connectivity index (χ0) is 24.2. The van der Waals surface area contributed by atoms with Gasteiger partial charge >= 0.3 is 0 Å². The lowest BCUT2D eigenvalue weighted by atomic mass is 10.1. The van der Waals surface area contributed by atoms with Gasteiger partial charge in [-0.25, -0.2) is 4.98 Å².